The van der Waals surface area contributed by atoms with Gasteiger partial charge in [0.25, 0.3) is 0 Å². The highest BCUT2D eigenvalue weighted by molar-refractivity contribution is 5.78. The van der Waals surface area contributed by atoms with E-state index in [1.807, 2.05) is 6.92 Å². The summed E-state index contributed by atoms with van der Waals surface area (Å²) in [6, 6.07) is 1.17. The van der Waals surface area contributed by atoms with Crippen LogP contribution in [0.25, 0.3) is 0 Å². The molecule has 0 aromatic heterocycles. The van der Waals surface area contributed by atoms with E-state index in [0.29, 0.717) is 6.04 Å². The van der Waals surface area contributed by atoms with Gasteiger partial charge in [0.2, 0.25) is 0 Å². The van der Waals surface area contributed by atoms with E-state index in [1.165, 1.54) is 45.1 Å². The van der Waals surface area contributed by atoms with Gasteiger partial charge in [0.1, 0.15) is 5.54 Å². The third-order valence-corrected chi connectivity index (χ3v) is 5.83. The monoisotopic (exact) mass is 294 g/mol. The Balaban J connectivity index is 1.57. The third-order valence-electron chi connectivity index (χ3n) is 5.83. The lowest BCUT2D eigenvalue weighted by Crippen LogP contribution is -2.54. The van der Waals surface area contributed by atoms with E-state index in [4.69, 9.17) is 0 Å². The van der Waals surface area contributed by atoms with Crippen LogP contribution in [0.5, 0.6) is 0 Å². The van der Waals surface area contributed by atoms with Gasteiger partial charge in [-0.3, -0.25) is 10.1 Å². The summed E-state index contributed by atoms with van der Waals surface area (Å²) in [7, 11) is 0. The number of fused-ring (bicyclic) bond motifs is 1. The van der Waals surface area contributed by atoms with E-state index in [2.05, 4.69) is 10.2 Å². The number of hydrogen-bond donors (Lipinski definition) is 2. The first-order chi connectivity index (χ1) is 10.1. The molecule has 2 aliphatic carbocycles. The number of aliphatic carboxylic acids is 1. The van der Waals surface area contributed by atoms with E-state index in [-0.39, 0.29) is 0 Å². The maximum absolute atomic E-state index is 11.7. The van der Waals surface area contributed by atoms with Crippen molar-refractivity contribution in [3.8, 4) is 0 Å². The fraction of sp³-hybridized carbons (Fsp3) is 0.941. The Kier molecular flexibility index (Phi) is 4.55. The van der Waals surface area contributed by atoms with Crippen LogP contribution < -0.4 is 5.32 Å². The molecule has 3 atom stereocenters. The average molecular weight is 294 g/mol. The average Bonchev–Trinajstić information content (AvgIpc) is 3.28. The first-order valence-electron chi connectivity index (χ1n) is 8.84. The van der Waals surface area contributed by atoms with Crippen molar-refractivity contribution in [3.63, 3.8) is 0 Å². The Morgan fingerprint density at radius 1 is 1.19 bits per heavy atom. The SMILES string of the molecule is CC(CCN1CCCC2CCCCC21)(NC1CC1)C(=O)O. The number of rotatable bonds is 6. The van der Waals surface area contributed by atoms with Crippen molar-refractivity contribution in [2.75, 3.05) is 13.1 Å². The van der Waals surface area contributed by atoms with Gasteiger partial charge < -0.3 is 10.0 Å². The molecule has 1 aliphatic heterocycles. The molecule has 0 bridgehead atoms. The van der Waals surface area contributed by atoms with Gasteiger partial charge in [0, 0.05) is 18.6 Å². The molecular weight excluding hydrogens is 264 g/mol. The second-order valence-electron chi connectivity index (χ2n) is 7.60. The molecule has 0 spiro atoms. The summed E-state index contributed by atoms with van der Waals surface area (Å²) in [5.74, 6) is 0.187. The highest BCUT2D eigenvalue weighted by atomic mass is 16.4. The van der Waals surface area contributed by atoms with Crippen LogP contribution in [0.2, 0.25) is 0 Å². The van der Waals surface area contributed by atoms with Gasteiger partial charge in [-0.25, -0.2) is 0 Å². The fourth-order valence-corrected chi connectivity index (χ4v) is 4.29. The summed E-state index contributed by atoms with van der Waals surface area (Å²) in [6.45, 7) is 3.97. The molecule has 120 valence electrons. The molecule has 1 heterocycles. The van der Waals surface area contributed by atoms with E-state index < -0.39 is 11.5 Å². The summed E-state index contributed by atoms with van der Waals surface area (Å²) < 4.78 is 0. The molecule has 0 radical (unpaired) electrons. The van der Waals surface area contributed by atoms with Gasteiger partial charge in [0.05, 0.1) is 0 Å². The van der Waals surface area contributed by atoms with Crippen LogP contribution in [0.1, 0.15) is 64.7 Å². The minimum Gasteiger partial charge on any atom is -0.480 e. The van der Waals surface area contributed by atoms with Crippen molar-refractivity contribution in [3.05, 3.63) is 0 Å². The number of piperidine rings is 1. The van der Waals surface area contributed by atoms with Crippen molar-refractivity contribution in [2.45, 2.75) is 82.3 Å². The number of carboxylic acids is 1. The quantitative estimate of drug-likeness (QED) is 0.791. The van der Waals surface area contributed by atoms with Crippen molar-refractivity contribution >= 4 is 5.97 Å². The second-order valence-corrected chi connectivity index (χ2v) is 7.60. The molecule has 4 nitrogen and oxygen atoms in total. The second kappa shape index (κ2) is 6.25. The number of nitrogens with one attached hydrogen (secondary N) is 1. The molecule has 21 heavy (non-hydrogen) atoms. The van der Waals surface area contributed by atoms with Crippen LogP contribution in [-0.4, -0.2) is 46.7 Å². The van der Waals surface area contributed by atoms with Gasteiger partial charge in [-0.05, 0) is 64.3 Å². The minimum absolute atomic E-state index is 0.440. The first kappa shape index (κ1) is 15.3. The standard InChI is InChI=1S/C17H30N2O2/c1-17(16(20)21,18-14-8-9-14)10-12-19-11-4-6-13-5-2-3-7-15(13)19/h13-15,18H,2-12H2,1H3,(H,20,21). The Hall–Kier alpha value is -0.610. The third kappa shape index (κ3) is 3.59. The number of carbonyl (C=O) groups is 1. The highest BCUT2D eigenvalue weighted by Gasteiger charge is 2.40. The Bertz CT molecular complexity index is 381. The lowest BCUT2D eigenvalue weighted by Gasteiger charge is -2.45. The van der Waals surface area contributed by atoms with E-state index >= 15 is 0 Å². The van der Waals surface area contributed by atoms with Crippen molar-refractivity contribution in [1.29, 1.82) is 0 Å². The number of likely N-dealkylation sites (tertiary alicyclic amines) is 1. The van der Waals surface area contributed by atoms with Crippen LogP contribution in [0.4, 0.5) is 0 Å². The molecule has 1 saturated heterocycles. The maximum atomic E-state index is 11.7. The van der Waals surface area contributed by atoms with Gasteiger partial charge in [-0.1, -0.05) is 12.8 Å². The Morgan fingerprint density at radius 3 is 2.62 bits per heavy atom. The van der Waals surface area contributed by atoms with Crippen molar-refractivity contribution in [2.24, 2.45) is 5.92 Å². The molecule has 2 N–H and O–H groups in total. The molecule has 0 aromatic carbocycles. The smallest absolute Gasteiger partial charge is 0.323 e. The Labute approximate surface area is 128 Å². The zero-order chi connectivity index (χ0) is 14.9. The molecule has 3 rings (SSSR count). The van der Waals surface area contributed by atoms with Gasteiger partial charge >= 0.3 is 5.97 Å². The summed E-state index contributed by atoms with van der Waals surface area (Å²) in [6.07, 6.45) is 11.1. The molecule has 0 amide bonds. The summed E-state index contributed by atoms with van der Waals surface area (Å²) in [4.78, 5) is 14.3. The number of hydrogen-bond acceptors (Lipinski definition) is 3. The number of nitrogens with zero attached hydrogens (tertiary/aromatic N) is 1. The molecule has 2 saturated carbocycles. The summed E-state index contributed by atoms with van der Waals surface area (Å²) in [5.41, 5.74) is -0.747. The Morgan fingerprint density at radius 2 is 1.90 bits per heavy atom. The van der Waals surface area contributed by atoms with E-state index in [0.717, 1.165) is 37.8 Å². The minimum atomic E-state index is -0.747. The zero-order valence-corrected chi connectivity index (χ0v) is 13.3. The zero-order valence-electron chi connectivity index (χ0n) is 13.3. The summed E-state index contributed by atoms with van der Waals surface area (Å²) in [5, 5.41) is 12.9. The molecule has 3 fully saturated rings. The lowest BCUT2D eigenvalue weighted by molar-refractivity contribution is -0.144. The van der Waals surface area contributed by atoms with Crippen LogP contribution in [0.3, 0.4) is 0 Å². The summed E-state index contributed by atoms with van der Waals surface area (Å²) >= 11 is 0. The molecule has 0 aromatic rings. The van der Waals surface area contributed by atoms with Crippen molar-refractivity contribution in [1.82, 2.24) is 10.2 Å². The fourth-order valence-electron chi connectivity index (χ4n) is 4.29. The topological polar surface area (TPSA) is 52.6 Å². The van der Waals surface area contributed by atoms with E-state index in [1.54, 1.807) is 0 Å². The van der Waals surface area contributed by atoms with Crippen LogP contribution in [0.15, 0.2) is 0 Å². The van der Waals surface area contributed by atoms with Gasteiger partial charge in [-0.2, -0.15) is 0 Å². The van der Waals surface area contributed by atoms with Gasteiger partial charge in [-0.15, -0.1) is 0 Å². The predicted octanol–water partition coefficient (Wildman–Crippen LogP) is 2.63. The van der Waals surface area contributed by atoms with E-state index in [9.17, 15) is 9.90 Å². The largest absolute Gasteiger partial charge is 0.480 e. The molecule has 4 heteroatoms. The van der Waals surface area contributed by atoms with Crippen LogP contribution in [0, 0.1) is 5.92 Å². The van der Waals surface area contributed by atoms with Crippen molar-refractivity contribution < 1.29 is 9.90 Å². The van der Waals surface area contributed by atoms with Crippen LogP contribution in [-0.2, 0) is 4.79 Å². The molecule has 3 unspecified atom stereocenters. The normalized spacial score (nSPS) is 33.2. The maximum Gasteiger partial charge on any atom is 0.323 e. The number of carboxylic acid groups (broad SMARTS) is 1. The molecule has 3 aliphatic rings. The highest BCUT2D eigenvalue weighted by Crippen LogP contribution is 2.35. The predicted molar refractivity (Wildman–Crippen MR) is 83.4 cm³/mol. The lowest BCUT2D eigenvalue weighted by atomic mass is 9.78. The van der Waals surface area contributed by atoms with Crippen LogP contribution >= 0.6 is 0 Å². The van der Waals surface area contributed by atoms with Gasteiger partial charge in [0.15, 0.2) is 0 Å². The first-order valence-corrected chi connectivity index (χ1v) is 8.84. The molecular formula is C17H30N2O2.